The van der Waals surface area contributed by atoms with Crippen LogP contribution in [0, 0.1) is 11.3 Å². The van der Waals surface area contributed by atoms with Crippen LogP contribution in [0.5, 0.6) is 5.75 Å². The first-order chi connectivity index (χ1) is 8.70. The van der Waals surface area contributed by atoms with Crippen molar-refractivity contribution in [2.75, 3.05) is 0 Å². The molecule has 0 aromatic heterocycles. The second-order valence-corrected chi connectivity index (χ2v) is 7.81. The molecule has 0 saturated heterocycles. The van der Waals surface area contributed by atoms with E-state index in [4.69, 9.17) is 4.74 Å². The largest absolute Gasteiger partial charge is 0.491 e. The number of rotatable bonds is 5. The van der Waals surface area contributed by atoms with Gasteiger partial charge in [-0.25, -0.2) is 0 Å². The van der Waals surface area contributed by atoms with Crippen LogP contribution in [0.3, 0.4) is 0 Å². The van der Waals surface area contributed by atoms with Crippen LogP contribution in [0.4, 0.5) is 0 Å². The fourth-order valence-electron chi connectivity index (χ4n) is 1.83. The number of alkyl halides is 1. The van der Waals surface area contributed by atoms with Crippen molar-refractivity contribution in [1.29, 1.82) is 0 Å². The summed E-state index contributed by atoms with van der Waals surface area (Å²) in [7, 11) is 0. The second kappa shape index (κ2) is 6.78. The molecule has 0 aliphatic heterocycles. The molecule has 2 atom stereocenters. The van der Waals surface area contributed by atoms with Crippen molar-refractivity contribution in [2.45, 2.75) is 58.9 Å². The van der Waals surface area contributed by atoms with Gasteiger partial charge in [-0.15, -0.1) is 0 Å². The van der Waals surface area contributed by atoms with Crippen LogP contribution < -0.4 is 4.74 Å². The first-order valence-electron chi connectivity index (χ1n) is 7.11. The summed E-state index contributed by atoms with van der Waals surface area (Å²) in [5.74, 6) is 1.62. The molecule has 0 bridgehead atoms. The van der Waals surface area contributed by atoms with Gasteiger partial charge < -0.3 is 4.74 Å². The Hall–Kier alpha value is -0.500. The lowest BCUT2D eigenvalue weighted by atomic mass is 9.79. The minimum Gasteiger partial charge on any atom is -0.491 e. The van der Waals surface area contributed by atoms with E-state index in [-0.39, 0.29) is 6.10 Å². The van der Waals surface area contributed by atoms with Crippen LogP contribution in [0.15, 0.2) is 24.3 Å². The van der Waals surface area contributed by atoms with E-state index in [9.17, 15) is 0 Å². The Morgan fingerprint density at radius 2 is 1.58 bits per heavy atom. The molecule has 1 nitrogen and oxygen atoms in total. The van der Waals surface area contributed by atoms with E-state index in [1.165, 1.54) is 5.56 Å². The third-order valence-electron chi connectivity index (χ3n) is 3.65. The summed E-state index contributed by atoms with van der Waals surface area (Å²) in [6.45, 7) is 13.3. The van der Waals surface area contributed by atoms with Crippen molar-refractivity contribution in [3.63, 3.8) is 0 Å². The van der Waals surface area contributed by atoms with Crippen LogP contribution in [0.25, 0.3) is 0 Å². The Morgan fingerprint density at radius 3 is 2.00 bits per heavy atom. The van der Waals surface area contributed by atoms with Crippen molar-refractivity contribution >= 4 is 15.9 Å². The van der Waals surface area contributed by atoms with Gasteiger partial charge in [-0.1, -0.05) is 55.8 Å². The molecular weight excluding hydrogens is 300 g/mol. The smallest absolute Gasteiger partial charge is 0.119 e. The normalized spacial score (nSPS) is 15.4. The molecule has 0 aliphatic rings. The highest BCUT2D eigenvalue weighted by Crippen LogP contribution is 2.37. The molecule has 2 heteroatoms. The van der Waals surface area contributed by atoms with E-state index >= 15 is 0 Å². The number of hydrogen-bond donors (Lipinski definition) is 0. The van der Waals surface area contributed by atoms with Crippen molar-refractivity contribution < 1.29 is 4.74 Å². The summed E-state index contributed by atoms with van der Waals surface area (Å²) >= 11 is 3.81. The topological polar surface area (TPSA) is 9.23 Å². The molecule has 0 heterocycles. The van der Waals surface area contributed by atoms with Gasteiger partial charge in [0.1, 0.15) is 5.75 Å². The maximum atomic E-state index is 5.67. The quantitative estimate of drug-likeness (QED) is 0.604. The predicted octanol–water partition coefficient (Wildman–Crippen LogP) is 5.98. The van der Waals surface area contributed by atoms with Gasteiger partial charge in [0, 0.05) is 4.83 Å². The fraction of sp³-hybridized carbons (Fsp3) is 0.647. The lowest BCUT2D eigenvalue weighted by Gasteiger charge is -2.29. The van der Waals surface area contributed by atoms with Gasteiger partial charge in [0.25, 0.3) is 0 Å². The van der Waals surface area contributed by atoms with Gasteiger partial charge in [0.05, 0.1) is 6.10 Å². The van der Waals surface area contributed by atoms with Gasteiger partial charge in [-0.2, -0.15) is 0 Å². The number of benzene rings is 1. The average Bonchev–Trinajstić information content (AvgIpc) is 2.27. The van der Waals surface area contributed by atoms with Gasteiger partial charge in [0.2, 0.25) is 0 Å². The van der Waals surface area contributed by atoms with E-state index in [1.807, 2.05) is 13.8 Å². The van der Waals surface area contributed by atoms with E-state index < -0.39 is 0 Å². The van der Waals surface area contributed by atoms with Gasteiger partial charge in [-0.05, 0) is 49.3 Å². The molecule has 0 fully saturated rings. The lowest BCUT2D eigenvalue weighted by Crippen LogP contribution is -2.18. The molecule has 0 spiro atoms. The first-order valence-corrected chi connectivity index (χ1v) is 8.02. The molecule has 0 saturated carbocycles. The van der Waals surface area contributed by atoms with Gasteiger partial charge >= 0.3 is 0 Å². The molecular formula is C17H27BrO. The molecule has 0 radical (unpaired) electrons. The van der Waals surface area contributed by atoms with E-state index in [1.54, 1.807) is 0 Å². The summed E-state index contributed by atoms with van der Waals surface area (Å²) < 4.78 is 5.67. The zero-order valence-electron chi connectivity index (χ0n) is 13.0. The van der Waals surface area contributed by atoms with E-state index in [0.29, 0.717) is 16.2 Å². The predicted molar refractivity (Wildman–Crippen MR) is 87.1 cm³/mol. The van der Waals surface area contributed by atoms with Crippen molar-refractivity contribution in [1.82, 2.24) is 0 Å². The monoisotopic (exact) mass is 326 g/mol. The van der Waals surface area contributed by atoms with Crippen molar-refractivity contribution in [3.8, 4) is 5.75 Å². The number of halogens is 1. The summed E-state index contributed by atoms with van der Waals surface area (Å²) in [5, 5.41) is 0. The van der Waals surface area contributed by atoms with Gasteiger partial charge in [-0.3, -0.25) is 0 Å². The Bertz CT molecular complexity index is 375. The Labute approximate surface area is 126 Å². The van der Waals surface area contributed by atoms with Crippen molar-refractivity contribution in [2.24, 2.45) is 11.3 Å². The molecule has 2 unspecified atom stereocenters. The summed E-state index contributed by atoms with van der Waals surface area (Å²) in [4.78, 5) is 0.412. The lowest BCUT2D eigenvalue weighted by molar-refractivity contribution is 0.241. The third kappa shape index (κ3) is 5.56. The van der Waals surface area contributed by atoms with E-state index in [2.05, 4.69) is 67.9 Å². The summed E-state index contributed by atoms with van der Waals surface area (Å²) in [6, 6.07) is 8.44. The van der Waals surface area contributed by atoms with Crippen LogP contribution >= 0.6 is 15.9 Å². The van der Waals surface area contributed by atoms with Crippen LogP contribution in [0.2, 0.25) is 0 Å². The molecule has 0 aliphatic carbocycles. The van der Waals surface area contributed by atoms with Crippen LogP contribution in [0.1, 0.15) is 58.4 Å². The molecule has 19 heavy (non-hydrogen) atoms. The molecule has 108 valence electrons. The highest BCUT2D eigenvalue weighted by atomic mass is 79.9. The maximum absolute atomic E-state index is 5.67. The molecule has 0 amide bonds. The second-order valence-electron chi connectivity index (χ2n) is 6.71. The third-order valence-corrected chi connectivity index (χ3v) is 4.55. The molecule has 1 aromatic rings. The maximum Gasteiger partial charge on any atom is 0.119 e. The highest BCUT2D eigenvalue weighted by Gasteiger charge is 2.23. The Balaban J connectivity index is 2.65. The first kappa shape index (κ1) is 16.6. The zero-order chi connectivity index (χ0) is 14.6. The fourth-order valence-corrected chi connectivity index (χ4v) is 2.69. The molecule has 1 aromatic carbocycles. The average molecular weight is 327 g/mol. The minimum atomic E-state index is 0.228. The van der Waals surface area contributed by atoms with Crippen LogP contribution in [-0.2, 0) is 0 Å². The Morgan fingerprint density at radius 1 is 1.05 bits per heavy atom. The van der Waals surface area contributed by atoms with Gasteiger partial charge in [0.15, 0.2) is 0 Å². The summed E-state index contributed by atoms with van der Waals surface area (Å²) in [5.41, 5.74) is 1.68. The van der Waals surface area contributed by atoms with Crippen molar-refractivity contribution in [3.05, 3.63) is 29.8 Å². The Kier molecular flexibility index (Phi) is 5.91. The SMILES string of the molecule is CC(C)Oc1ccc(C(Br)CC(C)C(C)(C)C)cc1. The highest BCUT2D eigenvalue weighted by molar-refractivity contribution is 9.09. The number of ether oxygens (including phenoxy) is 1. The van der Waals surface area contributed by atoms with Crippen LogP contribution in [-0.4, -0.2) is 6.10 Å². The standard InChI is InChI=1S/C17H27BrO/c1-12(2)19-15-9-7-14(8-10-15)16(18)11-13(3)17(4,5)6/h7-10,12-13,16H,11H2,1-6H3. The molecule has 0 N–H and O–H groups in total. The minimum absolute atomic E-state index is 0.228. The van der Waals surface area contributed by atoms with E-state index in [0.717, 1.165) is 12.2 Å². The summed E-state index contributed by atoms with van der Waals surface area (Å²) in [6.07, 6.45) is 1.37. The zero-order valence-corrected chi connectivity index (χ0v) is 14.6. The molecule has 1 rings (SSSR count). The number of hydrogen-bond acceptors (Lipinski definition) is 1.